The van der Waals surface area contributed by atoms with Gasteiger partial charge in [0.2, 0.25) is 0 Å². The van der Waals surface area contributed by atoms with Crippen molar-refractivity contribution < 1.29 is 14.6 Å². The Balaban J connectivity index is 2.05. The molecule has 2 fully saturated rings. The normalized spacial score (nSPS) is 28.6. The third-order valence-electron chi connectivity index (χ3n) is 4.56. The maximum atomic E-state index is 12.0. The summed E-state index contributed by atoms with van der Waals surface area (Å²) >= 11 is 0. The van der Waals surface area contributed by atoms with Gasteiger partial charge in [-0.25, -0.2) is 0 Å². The SMILES string of the molecule is COc1cccc(N2C3CCC2CC(O)C3)c1C(C)=O. The number of carbonyl (C=O) groups excluding carboxylic acids is 1. The van der Waals surface area contributed by atoms with Gasteiger partial charge < -0.3 is 14.7 Å². The lowest BCUT2D eigenvalue weighted by molar-refractivity contribution is 0.101. The highest BCUT2D eigenvalue weighted by atomic mass is 16.5. The summed E-state index contributed by atoms with van der Waals surface area (Å²) in [7, 11) is 1.60. The van der Waals surface area contributed by atoms with Crippen LogP contribution in [-0.2, 0) is 0 Å². The monoisotopic (exact) mass is 275 g/mol. The first kappa shape index (κ1) is 13.4. The average molecular weight is 275 g/mol. The van der Waals surface area contributed by atoms with Crippen molar-refractivity contribution in [1.82, 2.24) is 0 Å². The molecule has 2 unspecified atom stereocenters. The maximum absolute atomic E-state index is 12.0. The number of ketones is 1. The largest absolute Gasteiger partial charge is 0.496 e. The van der Waals surface area contributed by atoms with E-state index in [0.29, 0.717) is 23.4 Å². The highest BCUT2D eigenvalue weighted by Crippen LogP contribution is 2.42. The van der Waals surface area contributed by atoms with E-state index in [4.69, 9.17) is 4.74 Å². The van der Waals surface area contributed by atoms with Gasteiger partial charge in [-0.15, -0.1) is 0 Å². The van der Waals surface area contributed by atoms with Crippen molar-refractivity contribution >= 4 is 11.5 Å². The summed E-state index contributed by atoms with van der Waals surface area (Å²) in [6.45, 7) is 1.59. The van der Waals surface area contributed by atoms with E-state index in [2.05, 4.69) is 4.90 Å². The summed E-state index contributed by atoms with van der Waals surface area (Å²) in [4.78, 5) is 14.4. The minimum Gasteiger partial charge on any atom is -0.496 e. The van der Waals surface area contributed by atoms with Crippen LogP contribution in [0.1, 0.15) is 43.0 Å². The third kappa shape index (κ3) is 2.08. The van der Waals surface area contributed by atoms with Crippen molar-refractivity contribution in [2.45, 2.75) is 50.8 Å². The summed E-state index contributed by atoms with van der Waals surface area (Å²) in [5.41, 5.74) is 1.64. The highest BCUT2D eigenvalue weighted by Gasteiger charge is 2.41. The van der Waals surface area contributed by atoms with E-state index >= 15 is 0 Å². The smallest absolute Gasteiger partial charge is 0.165 e. The Labute approximate surface area is 119 Å². The molecule has 0 spiro atoms. The van der Waals surface area contributed by atoms with Crippen LogP contribution in [0, 0.1) is 0 Å². The van der Waals surface area contributed by atoms with Gasteiger partial charge in [-0.05, 0) is 44.7 Å². The number of rotatable bonds is 3. The fourth-order valence-electron chi connectivity index (χ4n) is 3.80. The van der Waals surface area contributed by atoms with Gasteiger partial charge in [0.1, 0.15) is 5.75 Å². The molecule has 3 rings (SSSR count). The summed E-state index contributed by atoms with van der Waals surface area (Å²) in [6, 6.07) is 6.46. The van der Waals surface area contributed by atoms with Crippen molar-refractivity contribution in [2.24, 2.45) is 0 Å². The summed E-state index contributed by atoms with van der Waals surface area (Å²) in [5.74, 6) is 0.670. The predicted molar refractivity (Wildman–Crippen MR) is 77.5 cm³/mol. The van der Waals surface area contributed by atoms with Gasteiger partial charge in [-0.3, -0.25) is 4.79 Å². The number of carbonyl (C=O) groups is 1. The van der Waals surface area contributed by atoms with Crippen LogP contribution in [0.5, 0.6) is 5.75 Å². The standard InChI is InChI=1S/C16H21NO3/c1-10(18)16-14(4-3-5-15(16)20-2)17-11-6-7-12(17)9-13(19)8-11/h3-5,11-13,19H,6-9H2,1-2H3. The minimum absolute atomic E-state index is 0.0305. The van der Waals surface area contributed by atoms with E-state index in [-0.39, 0.29) is 11.9 Å². The number of hydrogen-bond donors (Lipinski definition) is 1. The summed E-state index contributed by atoms with van der Waals surface area (Å²) in [6.07, 6.45) is 3.58. The molecule has 0 aromatic heterocycles. The number of benzene rings is 1. The van der Waals surface area contributed by atoms with Crippen molar-refractivity contribution in [3.63, 3.8) is 0 Å². The zero-order valence-electron chi connectivity index (χ0n) is 12.0. The molecule has 0 saturated carbocycles. The molecule has 4 nitrogen and oxygen atoms in total. The zero-order valence-corrected chi connectivity index (χ0v) is 12.0. The number of methoxy groups -OCH3 is 1. The molecule has 2 aliphatic heterocycles. The molecule has 1 aromatic rings. The second-order valence-corrected chi connectivity index (χ2v) is 5.83. The molecule has 1 aromatic carbocycles. The second kappa shape index (κ2) is 5.09. The van der Waals surface area contributed by atoms with Crippen molar-refractivity contribution in [3.05, 3.63) is 23.8 Å². The molecule has 2 atom stereocenters. The Bertz CT molecular complexity index is 514. The molecule has 0 amide bonds. The molecule has 0 aliphatic carbocycles. The van der Waals surface area contributed by atoms with Gasteiger partial charge in [0, 0.05) is 12.1 Å². The van der Waals surface area contributed by atoms with Crippen LogP contribution in [0.25, 0.3) is 0 Å². The van der Waals surface area contributed by atoms with E-state index in [1.54, 1.807) is 14.0 Å². The van der Waals surface area contributed by atoms with Crippen molar-refractivity contribution in [1.29, 1.82) is 0 Å². The molecule has 1 N–H and O–H groups in total. The van der Waals surface area contributed by atoms with Crippen LogP contribution < -0.4 is 9.64 Å². The number of piperidine rings is 1. The van der Waals surface area contributed by atoms with Gasteiger partial charge in [-0.1, -0.05) is 6.07 Å². The number of fused-ring (bicyclic) bond motifs is 2. The number of Topliss-reactive ketones (excluding diaryl/α,β-unsaturated/α-hetero) is 1. The van der Waals surface area contributed by atoms with Crippen LogP contribution in [0.15, 0.2) is 18.2 Å². The number of anilines is 1. The highest BCUT2D eigenvalue weighted by molar-refractivity contribution is 6.02. The second-order valence-electron chi connectivity index (χ2n) is 5.83. The topological polar surface area (TPSA) is 49.8 Å². The fraction of sp³-hybridized carbons (Fsp3) is 0.562. The quantitative estimate of drug-likeness (QED) is 0.861. The Kier molecular flexibility index (Phi) is 3.42. The lowest BCUT2D eigenvalue weighted by atomic mass is 9.97. The molecule has 20 heavy (non-hydrogen) atoms. The number of ether oxygens (including phenoxy) is 1. The number of hydrogen-bond acceptors (Lipinski definition) is 4. The molecule has 4 heteroatoms. The Hall–Kier alpha value is -1.55. The first-order chi connectivity index (χ1) is 9.61. The van der Waals surface area contributed by atoms with Crippen molar-refractivity contribution in [2.75, 3.05) is 12.0 Å². The molecule has 2 bridgehead atoms. The molecule has 108 valence electrons. The summed E-state index contributed by atoms with van der Waals surface area (Å²) < 4.78 is 5.35. The lowest BCUT2D eigenvalue weighted by Crippen LogP contribution is -2.45. The number of nitrogens with zero attached hydrogens (tertiary/aromatic N) is 1. The van der Waals surface area contributed by atoms with E-state index in [9.17, 15) is 9.90 Å². The molecule has 2 aliphatic rings. The van der Waals surface area contributed by atoms with Crippen LogP contribution in [0.3, 0.4) is 0 Å². The fourth-order valence-corrected chi connectivity index (χ4v) is 3.80. The van der Waals surface area contributed by atoms with Gasteiger partial charge in [0.05, 0.1) is 24.5 Å². The average Bonchev–Trinajstić information content (AvgIpc) is 2.69. The van der Waals surface area contributed by atoms with E-state index < -0.39 is 0 Å². The first-order valence-electron chi connectivity index (χ1n) is 7.26. The van der Waals surface area contributed by atoms with Gasteiger partial charge >= 0.3 is 0 Å². The first-order valence-corrected chi connectivity index (χ1v) is 7.26. The van der Waals surface area contributed by atoms with Gasteiger partial charge in [-0.2, -0.15) is 0 Å². The van der Waals surface area contributed by atoms with Crippen LogP contribution in [0.4, 0.5) is 5.69 Å². The Morgan fingerprint density at radius 3 is 2.50 bits per heavy atom. The van der Waals surface area contributed by atoms with Gasteiger partial charge in [0.25, 0.3) is 0 Å². The number of aliphatic hydroxyl groups excluding tert-OH is 1. The third-order valence-corrected chi connectivity index (χ3v) is 4.56. The molecule has 2 heterocycles. The predicted octanol–water partition coefficient (Wildman–Crippen LogP) is 2.39. The zero-order chi connectivity index (χ0) is 14.3. The number of aliphatic hydroxyl groups is 1. The van der Waals surface area contributed by atoms with E-state index in [1.165, 1.54) is 0 Å². The van der Waals surface area contributed by atoms with Crippen LogP contribution >= 0.6 is 0 Å². The minimum atomic E-state index is -0.199. The van der Waals surface area contributed by atoms with Crippen LogP contribution in [-0.4, -0.2) is 36.2 Å². The van der Waals surface area contributed by atoms with Crippen LogP contribution in [0.2, 0.25) is 0 Å². The Morgan fingerprint density at radius 2 is 1.95 bits per heavy atom. The van der Waals surface area contributed by atoms with Crippen molar-refractivity contribution in [3.8, 4) is 5.75 Å². The molecular formula is C16H21NO3. The van der Waals surface area contributed by atoms with E-state index in [1.807, 2.05) is 18.2 Å². The summed E-state index contributed by atoms with van der Waals surface area (Å²) in [5, 5.41) is 9.92. The maximum Gasteiger partial charge on any atom is 0.165 e. The lowest BCUT2D eigenvalue weighted by Gasteiger charge is -2.40. The molecular weight excluding hydrogens is 254 g/mol. The molecule has 0 radical (unpaired) electrons. The molecule has 2 saturated heterocycles. The van der Waals surface area contributed by atoms with E-state index in [0.717, 1.165) is 31.4 Å². The van der Waals surface area contributed by atoms with Gasteiger partial charge in [0.15, 0.2) is 5.78 Å². The Morgan fingerprint density at radius 1 is 1.30 bits per heavy atom.